The van der Waals surface area contributed by atoms with Crippen LogP contribution in [-0.2, 0) is 23.7 Å². The van der Waals surface area contributed by atoms with Crippen molar-refractivity contribution in [3.63, 3.8) is 0 Å². The topological polar surface area (TPSA) is 112 Å². The van der Waals surface area contributed by atoms with Crippen LogP contribution in [0.5, 0.6) is 0 Å². The molecule has 1 aromatic carbocycles. The normalized spacial score (nSPS) is 29.5. The maximum absolute atomic E-state index is 12.3. The third-order valence-electron chi connectivity index (χ3n) is 4.03. The van der Waals surface area contributed by atoms with Gasteiger partial charge in [0.1, 0.15) is 12.2 Å². The Labute approximate surface area is 150 Å². The molecule has 0 radical (unpaired) electrons. The van der Waals surface area contributed by atoms with Crippen LogP contribution in [0.3, 0.4) is 0 Å². The lowest BCUT2D eigenvalue weighted by atomic mass is 10.1. The number of azide groups is 1. The highest BCUT2D eigenvalue weighted by atomic mass is 16.8. The highest BCUT2D eigenvalue weighted by Crippen LogP contribution is 2.37. The van der Waals surface area contributed by atoms with Gasteiger partial charge in [-0.05, 0) is 31.5 Å². The molecule has 9 nitrogen and oxygen atoms in total. The van der Waals surface area contributed by atoms with Crippen LogP contribution in [-0.4, -0.2) is 56.1 Å². The maximum atomic E-state index is 12.3. The summed E-state index contributed by atoms with van der Waals surface area (Å²) < 4.78 is 28.6. The second-order valence-electron chi connectivity index (χ2n) is 6.40. The Morgan fingerprint density at radius 3 is 2.77 bits per heavy atom. The fourth-order valence-corrected chi connectivity index (χ4v) is 2.97. The van der Waals surface area contributed by atoms with Crippen LogP contribution in [0.2, 0.25) is 0 Å². The van der Waals surface area contributed by atoms with E-state index in [1.54, 1.807) is 38.1 Å². The summed E-state index contributed by atoms with van der Waals surface area (Å²) >= 11 is 0. The van der Waals surface area contributed by atoms with Crippen molar-refractivity contribution >= 4 is 5.97 Å². The Bertz CT molecular complexity index is 676. The molecule has 0 N–H and O–H groups in total. The van der Waals surface area contributed by atoms with Crippen LogP contribution in [0.15, 0.2) is 35.4 Å². The number of carbonyl (C=O) groups excluding carboxylic acids is 1. The van der Waals surface area contributed by atoms with Gasteiger partial charge in [-0.1, -0.05) is 23.3 Å². The number of benzene rings is 1. The van der Waals surface area contributed by atoms with E-state index in [-0.39, 0.29) is 19.8 Å². The SMILES string of the molecule is CC1(C)OC2C(O1)[C@H](OC(=O)c1ccccc1)CO[C@H]2OCCN=[N+]=[N-]. The summed E-state index contributed by atoms with van der Waals surface area (Å²) in [6, 6.07) is 8.72. The standard InChI is InChI=1S/C17H21N3O6/c1-17(2)25-13-12(24-15(21)11-6-4-3-5-7-11)10-23-16(14(13)26-17)22-9-8-19-20-18/h3-7,12-14,16H,8-10H2,1-2H3/t12-,13?,14?,16-/m1/s1. The van der Waals surface area contributed by atoms with E-state index in [4.69, 9.17) is 29.2 Å². The predicted molar refractivity (Wildman–Crippen MR) is 89.2 cm³/mol. The Kier molecular flexibility index (Phi) is 5.75. The maximum Gasteiger partial charge on any atom is 0.338 e. The van der Waals surface area contributed by atoms with Crippen LogP contribution < -0.4 is 0 Å². The van der Waals surface area contributed by atoms with Gasteiger partial charge >= 0.3 is 5.97 Å². The van der Waals surface area contributed by atoms with E-state index < -0.39 is 36.4 Å². The fraction of sp³-hybridized carbons (Fsp3) is 0.588. The van der Waals surface area contributed by atoms with E-state index in [1.165, 1.54) is 0 Å². The molecule has 0 aliphatic carbocycles. The molecule has 2 aliphatic rings. The molecule has 4 atom stereocenters. The average Bonchev–Trinajstić information content (AvgIpc) is 2.96. The van der Waals surface area contributed by atoms with E-state index in [9.17, 15) is 4.79 Å². The third kappa shape index (κ3) is 4.32. The molecule has 0 bridgehead atoms. The monoisotopic (exact) mass is 363 g/mol. The van der Waals surface area contributed by atoms with Crippen molar-refractivity contribution in [3.8, 4) is 0 Å². The van der Waals surface area contributed by atoms with Crippen LogP contribution >= 0.6 is 0 Å². The quantitative estimate of drug-likeness (QED) is 0.252. The molecular formula is C17H21N3O6. The Balaban J connectivity index is 1.66. The zero-order valence-electron chi connectivity index (χ0n) is 14.6. The summed E-state index contributed by atoms with van der Waals surface area (Å²) in [6.45, 7) is 4.04. The molecular weight excluding hydrogens is 342 g/mol. The number of fused-ring (bicyclic) bond motifs is 1. The van der Waals surface area contributed by atoms with E-state index in [0.717, 1.165) is 0 Å². The molecule has 3 rings (SSSR count). The lowest BCUT2D eigenvalue weighted by Crippen LogP contribution is -2.53. The first-order valence-electron chi connectivity index (χ1n) is 8.36. The van der Waals surface area contributed by atoms with Gasteiger partial charge in [0.15, 0.2) is 18.2 Å². The van der Waals surface area contributed by atoms with Crippen LogP contribution in [0.4, 0.5) is 0 Å². The minimum Gasteiger partial charge on any atom is -0.453 e. The second-order valence-corrected chi connectivity index (χ2v) is 6.40. The van der Waals surface area contributed by atoms with Gasteiger partial charge in [-0.15, -0.1) is 0 Å². The smallest absolute Gasteiger partial charge is 0.338 e. The third-order valence-corrected chi connectivity index (χ3v) is 4.03. The van der Waals surface area contributed by atoms with Crippen molar-refractivity contribution in [2.24, 2.45) is 5.11 Å². The van der Waals surface area contributed by atoms with Gasteiger partial charge < -0.3 is 23.7 Å². The molecule has 26 heavy (non-hydrogen) atoms. The van der Waals surface area contributed by atoms with Crippen molar-refractivity contribution < 1.29 is 28.5 Å². The van der Waals surface area contributed by atoms with Crippen molar-refractivity contribution in [1.82, 2.24) is 0 Å². The first-order valence-corrected chi connectivity index (χ1v) is 8.36. The van der Waals surface area contributed by atoms with Gasteiger partial charge in [-0.3, -0.25) is 0 Å². The van der Waals surface area contributed by atoms with Crippen LogP contribution in [0, 0.1) is 0 Å². The Morgan fingerprint density at radius 2 is 2.04 bits per heavy atom. The molecule has 2 unspecified atom stereocenters. The number of carbonyl (C=O) groups is 1. The van der Waals surface area contributed by atoms with Crippen molar-refractivity contribution in [1.29, 1.82) is 0 Å². The predicted octanol–water partition coefficient (Wildman–Crippen LogP) is 2.42. The molecule has 0 spiro atoms. The first-order chi connectivity index (χ1) is 12.5. The Hall–Kier alpha value is -2.16. The zero-order chi connectivity index (χ0) is 18.6. The summed E-state index contributed by atoms with van der Waals surface area (Å²) in [5.41, 5.74) is 8.77. The average molecular weight is 363 g/mol. The second kappa shape index (κ2) is 8.03. The number of nitrogens with zero attached hydrogens (tertiary/aromatic N) is 3. The molecule has 2 aliphatic heterocycles. The van der Waals surface area contributed by atoms with Gasteiger partial charge in [0.05, 0.1) is 18.8 Å². The summed E-state index contributed by atoms with van der Waals surface area (Å²) in [4.78, 5) is 15.0. The van der Waals surface area contributed by atoms with E-state index in [2.05, 4.69) is 10.0 Å². The summed E-state index contributed by atoms with van der Waals surface area (Å²) in [5.74, 6) is -1.30. The lowest BCUT2D eigenvalue weighted by molar-refractivity contribution is -0.246. The molecule has 2 saturated heterocycles. The number of esters is 1. The summed E-state index contributed by atoms with van der Waals surface area (Å²) in [6.07, 6.45) is -2.39. The van der Waals surface area contributed by atoms with Crippen molar-refractivity contribution in [3.05, 3.63) is 46.3 Å². The molecule has 0 saturated carbocycles. The first kappa shape index (κ1) is 18.6. The van der Waals surface area contributed by atoms with Crippen LogP contribution in [0.1, 0.15) is 24.2 Å². The van der Waals surface area contributed by atoms with Gasteiger partial charge in [0, 0.05) is 11.5 Å². The fourth-order valence-electron chi connectivity index (χ4n) is 2.97. The number of hydrogen-bond donors (Lipinski definition) is 0. The van der Waals surface area contributed by atoms with E-state index in [0.29, 0.717) is 5.56 Å². The largest absolute Gasteiger partial charge is 0.453 e. The molecule has 140 valence electrons. The van der Waals surface area contributed by atoms with Gasteiger partial charge in [0.2, 0.25) is 0 Å². The summed E-state index contributed by atoms with van der Waals surface area (Å²) in [5, 5.41) is 3.42. The number of rotatable bonds is 6. The summed E-state index contributed by atoms with van der Waals surface area (Å²) in [7, 11) is 0. The van der Waals surface area contributed by atoms with Gasteiger partial charge in [0.25, 0.3) is 0 Å². The molecule has 0 aromatic heterocycles. The highest BCUT2D eigenvalue weighted by Gasteiger charge is 2.53. The number of hydrogen-bond acceptors (Lipinski definition) is 7. The van der Waals surface area contributed by atoms with E-state index in [1.807, 2.05) is 6.07 Å². The molecule has 1 aromatic rings. The van der Waals surface area contributed by atoms with Gasteiger partial charge in [-0.25, -0.2) is 4.79 Å². The van der Waals surface area contributed by atoms with Crippen LogP contribution in [0.25, 0.3) is 10.4 Å². The molecule has 2 fully saturated rings. The lowest BCUT2D eigenvalue weighted by Gasteiger charge is -2.36. The molecule has 2 heterocycles. The molecule has 9 heteroatoms. The highest BCUT2D eigenvalue weighted by molar-refractivity contribution is 5.89. The van der Waals surface area contributed by atoms with E-state index >= 15 is 0 Å². The van der Waals surface area contributed by atoms with Crippen molar-refractivity contribution in [2.45, 2.75) is 44.2 Å². The minimum absolute atomic E-state index is 0.116. The van der Waals surface area contributed by atoms with Gasteiger partial charge in [-0.2, -0.15) is 0 Å². The Morgan fingerprint density at radius 1 is 1.31 bits per heavy atom. The molecule has 0 amide bonds. The van der Waals surface area contributed by atoms with Crippen molar-refractivity contribution in [2.75, 3.05) is 19.8 Å². The minimum atomic E-state index is -0.854. The zero-order valence-corrected chi connectivity index (χ0v) is 14.6. The number of ether oxygens (including phenoxy) is 5.